The van der Waals surface area contributed by atoms with E-state index in [1.54, 1.807) is 12.4 Å². The van der Waals surface area contributed by atoms with Crippen molar-refractivity contribution in [1.82, 2.24) is 15.1 Å². The van der Waals surface area contributed by atoms with E-state index in [-0.39, 0.29) is 0 Å². The van der Waals surface area contributed by atoms with Gasteiger partial charge >= 0.3 is 0 Å². The first-order valence-corrected chi connectivity index (χ1v) is 6.30. The lowest BCUT2D eigenvalue weighted by Crippen LogP contribution is -1.93. The topological polar surface area (TPSA) is 77.8 Å². The number of nitrogen functional groups attached to an aromatic ring is 1. The molecule has 20 heavy (non-hydrogen) atoms. The van der Waals surface area contributed by atoms with Gasteiger partial charge in [-0.15, -0.1) is 0 Å². The van der Waals surface area contributed by atoms with Crippen LogP contribution in [0, 0.1) is 6.92 Å². The van der Waals surface area contributed by atoms with E-state index in [0.717, 1.165) is 16.7 Å². The Morgan fingerprint density at radius 1 is 1.15 bits per heavy atom. The summed E-state index contributed by atoms with van der Waals surface area (Å²) >= 11 is 0. The van der Waals surface area contributed by atoms with Crippen LogP contribution in [0.4, 0.5) is 5.69 Å². The molecule has 0 spiro atoms. The third kappa shape index (κ3) is 2.51. The minimum atomic E-state index is 0.454. The van der Waals surface area contributed by atoms with E-state index in [1.165, 1.54) is 0 Å². The van der Waals surface area contributed by atoms with Gasteiger partial charge in [-0.05, 0) is 36.8 Å². The SMILES string of the molecule is Cc1ccc(N)c(-c2nc(Cc3ccncc3)no2)c1. The van der Waals surface area contributed by atoms with E-state index in [0.29, 0.717) is 23.8 Å². The number of anilines is 1. The fraction of sp³-hybridized carbons (Fsp3) is 0.133. The summed E-state index contributed by atoms with van der Waals surface area (Å²) in [5, 5.41) is 4.00. The molecule has 0 saturated carbocycles. The van der Waals surface area contributed by atoms with Gasteiger partial charge in [0.1, 0.15) is 0 Å². The first kappa shape index (κ1) is 12.3. The Balaban J connectivity index is 1.88. The Kier molecular flexibility index (Phi) is 3.16. The molecule has 3 aromatic rings. The Morgan fingerprint density at radius 3 is 2.75 bits per heavy atom. The van der Waals surface area contributed by atoms with E-state index < -0.39 is 0 Å². The molecular formula is C15H14N4O. The maximum Gasteiger partial charge on any atom is 0.260 e. The summed E-state index contributed by atoms with van der Waals surface area (Å²) in [5.41, 5.74) is 9.55. The number of rotatable bonds is 3. The highest BCUT2D eigenvalue weighted by Crippen LogP contribution is 2.25. The molecule has 0 saturated heterocycles. The molecular weight excluding hydrogens is 252 g/mol. The summed E-state index contributed by atoms with van der Waals surface area (Å²) < 4.78 is 5.30. The Bertz CT molecular complexity index is 722. The monoisotopic (exact) mass is 266 g/mol. The van der Waals surface area contributed by atoms with E-state index >= 15 is 0 Å². The van der Waals surface area contributed by atoms with Crippen LogP contribution >= 0.6 is 0 Å². The summed E-state index contributed by atoms with van der Waals surface area (Å²) in [4.78, 5) is 8.38. The van der Waals surface area contributed by atoms with Crippen LogP contribution in [0.15, 0.2) is 47.2 Å². The molecule has 2 aromatic heterocycles. The van der Waals surface area contributed by atoms with Gasteiger partial charge in [0.2, 0.25) is 0 Å². The smallest absolute Gasteiger partial charge is 0.260 e. The van der Waals surface area contributed by atoms with Gasteiger partial charge in [0.15, 0.2) is 5.82 Å². The van der Waals surface area contributed by atoms with Crippen LogP contribution in [0.5, 0.6) is 0 Å². The first-order valence-electron chi connectivity index (χ1n) is 6.30. The van der Waals surface area contributed by atoms with Gasteiger partial charge in [-0.1, -0.05) is 16.8 Å². The lowest BCUT2D eigenvalue weighted by molar-refractivity contribution is 0.424. The van der Waals surface area contributed by atoms with Crippen molar-refractivity contribution in [2.45, 2.75) is 13.3 Å². The maximum atomic E-state index is 5.95. The molecule has 5 heteroatoms. The summed E-state index contributed by atoms with van der Waals surface area (Å²) in [5.74, 6) is 1.09. The minimum absolute atomic E-state index is 0.454. The number of aryl methyl sites for hydroxylation is 1. The molecule has 0 radical (unpaired) electrons. The predicted octanol–water partition coefficient (Wildman–Crippen LogP) is 2.61. The molecule has 3 rings (SSSR count). The molecule has 0 fully saturated rings. The third-order valence-corrected chi connectivity index (χ3v) is 3.02. The second kappa shape index (κ2) is 5.13. The van der Waals surface area contributed by atoms with Crippen molar-refractivity contribution in [1.29, 1.82) is 0 Å². The second-order valence-corrected chi connectivity index (χ2v) is 4.64. The van der Waals surface area contributed by atoms with Crippen LogP contribution in [0.3, 0.4) is 0 Å². The molecule has 0 aliphatic rings. The molecule has 5 nitrogen and oxygen atoms in total. The van der Waals surface area contributed by atoms with Crippen molar-refractivity contribution < 1.29 is 4.52 Å². The zero-order valence-corrected chi connectivity index (χ0v) is 11.1. The Labute approximate surface area is 116 Å². The highest BCUT2D eigenvalue weighted by molar-refractivity contribution is 5.70. The Hall–Kier alpha value is -2.69. The van der Waals surface area contributed by atoms with Crippen molar-refractivity contribution in [3.63, 3.8) is 0 Å². The summed E-state index contributed by atoms with van der Waals surface area (Å²) in [7, 11) is 0. The summed E-state index contributed by atoms with van der Waals surface area (Å²) in [6, 6.07) is 9.59. The van der Waals surface area contributed by atoms with Crippen LogP contribution in [0.25, 0.3) is 11.5 Å². The van der Waals surface area contributed by atoms with E-state index in [2.05, 4.69) is 15.1 Å². The largest absolute Gasteiger partial charge is 0.398 e. The summed E-state index contributed by atoms with van der Waals surface area (Å²) in [6.07, 6.45) is 4.10. The van der Waals surface area contributed by atoms with Crippen LogP contribution in [0.1, 0.15) is 17.0 Å². The molecule has 0 unspecified atom stereocenters. The van der Waals surface area contributed by atoms with Gasteiger partial charge in [-0.3, -0.25) is 4.98 Å². The standard InChI is InChI=1S/C15H14N4O/c1-10-2-3-13(16)12(8-10)15-18-14(19-20-15)9-11-4-6-17-7-5-11/h2-8H,9,16H2,1H3. The zero-order chi connectivity index (χ0) is 13.9. The van der Waals surface area contributed by atoms with Crippen molar-refractivity contribution in [2.24, 2.45) is 0 Å². The number of benzene rings is 1. The average Bonchev–Trinajstić information content (AvgIpc) is 2.91. The lowest BCUT2D eigenvalue weighted by atomic mass is 10.1. The number of nitrogens with two attached hydrogens (primary N) is 1. The molecule has 1 aromatic carbocycles. The average molecular weight is 266 g/mol. The van der Waals surface area contributed by atoms with Crippen LogP contribution in [0.2, 0.25) is 0 Å². The number of hydrogen-bond donors (Lipinski definition) is 1. The van der Waals surface area contributed by atoms with E-state index in [1.807, 2.05) is 37.3 Å². The van der Waals surface area contributed by atoms with E-state index in [9.17, 15) is 0 Å². The van der Waals surface area contributed by atoms with Gasteiger partial charge in [-0.25, -0.2) is 0 Å². The highest BCUT2D eigenvalue weighted by Gasteiger charge is 2.12. The van der Waals surface area contributed by atoms with E-state index in [4.69, 9.17) is 10.3 Å². The van der Waals surface area contributed by atoms with Crippen LogP contribution in [-0.2, 0) is 6.42 Å². The van der Waals surface area contributed by atoms with Gasteiger partial charge in [0.05, 0.1) is 5.56 Å². The van der Waals surface area contributed by atoms with Gasteiger partial charge in [0, 0.05) is 24.5 Å². The van der Waals surface area contributed by atoms with Crippen molar-refractivity contribution in [2.75, 3.05) is 5.73 Å². The molecule has 2 heterocycles. The fourth-order valence-corrected chi connectivity index (χ4v) is 1.97. The maximum absolute atomic E-state index is 5.95. The molecule has 0 aliphatic carbocycles. The first-order chi connectivity index (χ1) is 9.72. The normalized spacial score (nSPS) is 10.7. The summed E-state index contributed by atoms with van der Waals surface area (Å²) in [6.45, 7) is 2.00. The number of hydrogen-bond acceptors (Lipinski definition) is 5. The van der Waals surface area contributed by atoms with Crippen LogP contribution in [-0.4, -0.2) is 15.1 Å². The molecule has 0 bridgehead atoms. The number of pyridine rings is 1. The molecule has 2 N–H and O–H groups in total. The van der Waals surface area contributed by atoms with Crippen molar-refractivity contribution in [3.8, 4) is 11.5 Å². The Morgan fingerprint density at radius 2 is 1.95 bits per heavy atom. The van der Waals surface area contributed by atoms with Gasteiger partial charge in [-0.2, -0.15) is 4.98 Å². The van der Waals surface area contributed by atoms with Crippen molar-refractivity contribution >= 4 is 5.69 Å². The van der Waals surface area contributed by atoms with Gasteiger partial charge < -0.3 is 10.3 Å². The van der Waals surface area contributed by atoms with Crippen LogP contribution < -0.4 is 5.73 Å². The molecule has 0 atom stereocenters. The highest BCUT2D eigenvalue weighted by atomic mass is 16.5. The van der Waals surface area contributed by atoms with Gasteiger partial charge in [0.25, 0.3) is 5.89 Å². The lowest BCUT2D eigenvalue weighted by Gasteiger charge is -2.01. The molecule has 0 amide bonds. The molecule has 0 aliphatic heterocycles. The number of nitrogens with zero attached hydrogens (tertiary/aromatic N) is 3. The molecule has 100 valence electrons. The zero-order valence-electron chi connectivity index (χ0n) is 11.1. The minimum Gasteiger partial charge on any atom is -0.398 e. The number of aromatic nitrogens is 3. The predicted molar refractivity (Wildman–Crippen MR) is 75.9 cm³/mol. The van der Waals surface area contributed by atoms with Crippen molar-refractivity contribution in [3.05, 3.63) is 59.7 Å². The quantitative estimate of drug-likeness (QED) is 0.737. The second-order valence-electron chi connectivity index (χ2n) is 4.64. The fourth-order valence-electron chi connectivity index (χ4n) is 1.97. The third-order valence-electron chi connectivity index (χ3n) is 3.02.